The number of aromatic nitrogens is 2. The van der Waals surface area contributed by atoms with E-state index in [0.717, 1.165) is 37.4 Å². The van der Waals surface area contributed by atoms with Gasteiger partial charge in [-0.05, 0) is 32.6 Å². The number of hydrogen-bond donors (Lipinski definition) is 3. The molecule has 138 valence electrons. The Bertz CT molecular complexity index is 782. The lowest BCUT2D eigenvalue weighted by molar-refractivity contribution is -0.384. The zero-order valence-electron chi connectivity index (χ0n) is 15.0. The Kier molecular flexibility index (Phi) is 5.75. The van der Waals surface area contributed by atoms with Crippen LogP contribution < -0.4 is 16.2 Å². The Hall–Kier alpha value is -2.58. The number of hydrogen-bond acceptors (Lipinski definition) is 7. The molecule has 0 bridgehead atoms. The van der Waals surface area contributed by atoms with E-state index in [1.165, 1.54) is 12.1 Å². The van der Waals surface area contributed by atoms with Crippen LogP contribution in [0.3, 0.4) is 0 Å². The average molecular weight is 356 g/mol. The first kappa shape index (κ1) is 18.2. The molecule has 0 radical (unpaired) electrons. The number of nitrogens with zero attached hydrogens (tertiary/aromatic N) is 3. The van der Waals surface area contributed by atoms with Crippen molar-refractivity contribution in [3.8, 4) is 11.4 Å². The maximum atomic E-state index is 11.0. The predicted molar refractivity (Wildman–Crippen MR) is 101 cm³/mol. The molecule has 1 aromatic heterocycles. The zero-order valence-corrected chi connectivity index (χ0v) is 15.0. The summed E-state index contributed by atoms with van der Waals surface area (Å²) >= 11 is 0. The monoisotopic (exact) mass is 356 g/mol. The molecular weight excluding hydrogens is 332 g/mol. The molecule has 2 aromatic rings. The van der Waals surface area contributed by atoms with E-state index in [9.17, 15) is 10.1 Å². The molecule has 0 saturated carbocycles. The highest BCUT2D eigenvalue weighted by atomic mass is 16.6. The van der Waals surface area contributed by atoms with E-state index in [0.29, 0.717) is 23.3 Å². The molecule has 3 rings (SSSR count). The van der Waals surface area contributed by atoms with Crippen LogP contribution in [0.2, 0.25) is 0 Å². The number of nitro benzene ring substituents is 1. The SMILES string of the molecule is Cc1cc(NCCCC2CNNC2C)nc(-c2cccc([N+](=O)[O-])c2)n1. The largest absolute Gasteiger partial charge is 0.370 e. The van der Waals surface area contributed by atoms with Crippen molar-refractivity contribution in [3.63, 3.8) is 0 Å². The molecule has 1 saturated heterocycles. The summed E-state index contributed by atoms with van der Waals surface area (Å²) < 4.78 is 0. The van der Waals surface area contributed by atoms with Crippen molar-refractivity contribution in [2.45, 2.75) is 32.7 Å². The van der Waals surface area contributed by atoms with Crippen LogP contribution in [-0.4, -0.2) is 34.0 Å². The minimum Gasteiger partial charge on any atom is -0.370 e. The summed E-state index contributed by atoms with van der Waals surface area (Å²) in [4.78, 5) is 19.5. The van der Waals surface area contributed by atoms with Crippen LogP contribution in [0.25, 0.3) is 11.4 Å². The van der Waals surface area contributed by atoms with Gasteiger partial charge in [0.2, 0.25) is 0 Å². The molecule has 2 unspecified atom stereocenters. The second-order valence-electron chi connectivity index (χ2n) is 6.67. The van der Waals surface area contributed by atoms with Gasteiger partial charge in [-0.2, -0.15) is 0 Å². The molecule has 0 aliphatic carbocycles. The first-order valence-electron chi connectivity index (χ1n) is 8.85. The Balaban J connectivity index is 1.64. The van der Waals surface area contributed by atoms with Gasteiger partial charge in [0.25, 0.3) is 5.69 Å². The number of non-ortho nitro benzene ring substituents is 1. The lowest BCUT2D eigenvalue weighted by Gasteiger charge is -2.14. The van der Waals surface area contributed by atoms with Crippen LogP contribution in [0.5, 0.6) is 0 Å². The number of nitrogens with one attached hydrogen (secondary N) is 3. The molecule has 2 heterocycles. The van der Waals surface area contributed by atoms with Gasteiger partial charge in [0.1, 0.15) is 5.82 Å². The Morgan fingerprint density at radius 1 is 1.35 bits per heavy atom. The van der Waals surface area contributed by atoms with Crippen LogP contribution in [0.15, 0.2) is 30.3 Å². The van der Waals surface area contributed by atoms with E-state index < -0.39 is 4.92 Å². The quantitative estimate of drug-likeness (QED) is 0.398. The van der Waals surface area contributed by atoms with E-state index in [-0.39, 0.29) is 5.69 Å². The summed E-state index contributed by atoms with van der Waals surface area (Å²) in [6, 6.07) is 8.79. The maximum Gasteiger partial charge on any atom is 0.270 e. The minimum absolute atomic E-state index is 0.0371. The van der Waals surface area contributed by atoms with Gasteiger partial charge >= 0.3 is 0 Å². The predicted octanol–water partition coefficient (Wildman–Crippen LogP) is 2.66. The van der Waals surface area contributed by atoms with Crippen molar-refractivity contribution in [2.75, 3.05) is 18.4 Å². The zero-order chi connectivity index (χ0) is 18.5. The lowest BCUT2D eigenvalue weighted by Crippen LogP contribution is -2.28. The molecule has 1 aliphatic heterocycles. The molecule has 8 heteroatoms. The van der Waals surface area contributed by atoms with E-state index in [2.05, 4.69) is 33.1 Å². The third-order valence-corrected chi connectivity index (χ3v) is 4.63. The third-order valence-electron chi connectivity index (χ3n) is 4.63. The fraction of sp³-hybridized carbons (Fsp3) is 0.444. The van der Waals surface area contributed by atoms with E-state index in [1.54, 1.807) is 12.1 Å². The highest BCUT2D eigenvalue weighted by Crippen LogP contribution is 2.22. The molecule has 2 atom stereocenters. The van der Waals surface area contributed by atoms with Gasteiger partial charge in [0.05, 0.1) is 4.92 Å². The number of rotatable bonds is 7. The minimum atomic E-state index is -0.411. The molecule has 0 spiro atoms. The van der Waals surface area contributed by atoms with Gasteiger partial charge in [-0.25, -0.2) is 9.97 Å². The molecule has 1 aliphatic rings. The third kappa shape index (κ3) is 4.53. The second-order valence-corrected chi connectivity index (χ2v) is 6.67. The highest BCUT2D eigenvalue weighted by Gasteiger charge is 2.21. The number of aryl methyl sites for hydroxylation is 1. The molecule has 1 fully saturated rings. The van der Waals surface area contributed by atoms with Crippen molar-refractivity contribution in [1.82, 2.24) is 20.8 Å². The van der Waals surface area contributed by atoms with E-state index in [4.69, 9.17) is 0 Å². The summed E-state index contributed by atoms with van der Waals surface area (Å²) in [6.07, 6.45) is 2.18. The number of benzene rings is 1. The fourth-order valence-electron chi connectivity index (χ4n) is 3.13. The first-order chi connectivity index (χ1) is 12.5. The Morgan fingerprint density at radius 2 is 2.19 bits per heavy atom. The van der Waals surface area contributed by atoms with Crippen LogP contribution in [0.1, 0.15) is 25.5 Å². The molecule has 26 heavy (non-hydrogen) atoms. The molecular formula is C18H24N6O2. The standard InChI is InChI=1S/C18H24N6O2/c1-12-9-17(19-8-4-6-15-11-20-23-13(15)2)22-18(21-12)14-5-3-7-16(10-14)24(25)26/h3,5,7,9-10,13,15,20,23H,4,6,8,11H2,1-2H3,(H,19,21,22). The van der Waals surface area contributed by atoms with Crippen molar-refractivity contribution >= 4 is 11.5 Å². The van der Waals surface area contributed by atoms with Gasteiger partial charge in [0, 0.05) is 48.6 Å². The first-order valence-corrected chi connectivity index (χ1v) is 8.85. The van der Waals surface area contributed by atoms with E-state index in [1.807, 2.05) is 13.0 Å². The highest BCUT2D eigenvalue weighted by molar-refractivity contribution is 5.61. The average Bonchev–Trinajstić information content (AvgIpc) is 3.03. The van der Waals surface area contributed by atoms with Gasteiger partial charge in [-0.15, -0.1) is 0 Å². The smallest absolute Gasteiger partial charge is 0.270 e. The van der Waals surface area contributed by atoms with Crippen molar-refractivity contribution in [3.05, 3.63) is 46.1 Å². The van der Waals surface area contributed by atoms with E-state index >= 15 is 0 Å². The van der Waals surface area contributed by atoms with Crippen molar-refractivity contribution in [1.29, 1.82) is 0 Å². The molecule has 1 aromatic carbocycles. The summed E-state index contributed by atoms with van der Waals surface area (Å²) in [5, 5.41) is 14.3. The maximum absolute atomic E-state index is 11.0. The van der Waals surface area contributed by atoms with Crippen molar-refractivity contribution in [2.24, 2.45) is 5.92 Å². The van der Waals surface area contributed by atoms with Gasteiger partial charge in [0.15, 0.2) is 5.82 Å². The summed E-state index contributed by atoms with van der Waals surface area (Å²) in [7, 11) is 0. The van der Waals surface area contributed by atoms with Crippen LogP contribution in [-0.2, 0) is 0 Å². The lowest BCUT2D eigenvalue weighted by atomic mass is 9.98. The molecule has 0 amide bonds. The fourth-order valence-corrected chi connectivity index (χ4v) is 3.13. The molecule has 3 N–H and O–H groups in total. The molecule has 8 nitrogen and oxygen atoms in total. The topological polar surface area (TPSA) is 105 Å². The van der Waals surface area contributed by atoms with Gasteiger partial charge in [-0.1, -0.05) is 12.1 Å². The Morgan fingerprint density at radius 3 is 2.92 bits per heavy atom. The summed E-state index contributed by atoms with van der Waals surface area (Å²) in [6.45, 7) is 5.92. The van der Waals surface area contributed by atoms with Crippen LogP contribution >= 0.6 is 0 Å². The Labute approximate surface area is 152 Å². The van der Waals surface area contributed by atoms with Gasteiger partial charge in [-0.3, -0.25) is 21.0 Å². The normalized spacial score (nSPS) is 19.5. The summed E-state index contributed by atoms with van der Waals surface area (Å²) in [5.41, 5.74) is 7.92. The summed E-state index contributed by atoms with van der Waals surface area (Å²) in [5.74, 6) is 1.88. The van der Waals surface area contributed by atoms with Crippen LogP contribution in [0, 0.1) is 23.0 Å². The number of hydrazine groups is 1. The van der Waals surface area contributed by atoms with Crippen molar-refractivity contribution < 1.29 is 4.92 Å². The second kappa shape index (κ2) is 8.20. The van der Waals surface area contributed by atoms with Gasteiger partial charge < -0.3 is 5.32 Å². The van der Waals surface area contributed by atoms with Crippen LogP contribution in [0.4, 0.5) is 11.5 Å². The number of nitro groups is 1. The number of anilines is 1.